The van der Waals surface area contributed by atoms with Gasteiger partial charge in [0.1, 0.15) is 11.6 Å². The van der Waals surface area contributed by atoms with E-state index in [1.807, 2.05) is 0 Å². The molecular formula is C12H19N3O2. The van der Waals surface area contributed by atoms with E-state index in [0.717, 1.165) is 57.1 Å². The molecular weight excluding hydrogens is 218 g/mol. The van der Waals surface area contributed by atoms with Crippen molar-refractivity contribution in [3.05, 3.63) is 11.6 Å². The molecule has 2 atom stereocenters. The molecule has 1 fully saturated rings. The van der Waals surface area contributed by atoms with Gasteiger partial charge in [-0.05, 0) is 25.2 Å². The highest BCUT2D eigenvalue weighted by molar-refractivity contribution is 5.06. The highest BCUT2D eigenvalue weighted by Gasteiger charge is 2.27. The summed E-state index contributed by atoms with van der Waals surface area (Å²) in [5.41, 5.74) is 0. The van der Waals surface area contributed by atoms with Crippen LogP contribution < -0.4 is 0 Å². The molecule has 2 unspecified atom stereocenters. The maximum Gasteiger partial charge on any atom is 0.138 e. The minimum absolute atomic E-state index is 0.259. The number of nitrogens with zero attached hydrogens (tertiary/aromatic N) is 3. The lowest BCUT2D eigenvalue weighted by molar-refractivity contribution is 0.0763. The molecule has 1 saturated heterocycles. The van der Waals surface area contributed by atoms with Gasteiger partial charge in [0.05, 0.1) is 6.61 Å². The fraction of sp³-hybridized carbons (Fsp3) is 0.833. The number of rotatable bonds is 2. The summed E-state index contributed by atoms with van der Waals surface area (Å²) in [7, 11) is 0. The smallest absolute Gasteiger partial charge is 0.138 e. The molecule has 0 radical (unpaired) electrons. The molecule has 1 N–H and O–H groups in total. The van der Waals surface area contributed by atoms with E-state index < -0.39 is 0 Å². The van der Waals surface area contributed by atoms with Crippen molar-refractivity contribution in [3.63, 3.8) is 0 Å². The molecule has 1 aromatic heterocycles. The SMILES string of the molecule is OCC1CCn2c(nnc2C2CCCOC2)C1. The fourth-order valence-electron chi connectivity index (χ4n) is 2.82. The molecule has 0 spiro atoms. The van der Waals surface area contributed by atoms with Crippen LogP contribution in [0.3, 0.4) is 0 Å². The average Bonchev–Trinajstić information content (AvgIpc) is 2.82. The summed E-state index contributed by atoms with van der Waals surface area (Å²) in [5, 5.41) is 17.8. The van der Waals surface area contributed by atoms with E-state index in [0.29, 0.717) is 11.8 Å². The predicted molar refractivity (Wildman–Crippen MR) is 61.7 cm³/mol. The molecule has 0 saturated carbocycles. The normalized spacial score (nSPS) is 29.0. The Morgan fingerprint density at radius 3 is 3.06 bits per heavy atom. The molecule has 5 heteroatoms. The second-order valence-corrected chi connectivity index (χ2v) is 5.08. The minimum Gasteiger partial charge on any atom is -0.396 e. The standard InChI is InChI=1S/C12H19N3O2/c16-7-9-3-4-15-11(6-9)13-14-12(15)10-2-1-5-17-8-10/h9-10,16H,1-8H2. The van der Waals surface area contributed by atoms with E-state index in [-0.39, 0.29) is 6.61 Å². The summed E-state index contributed by atoms with van der Waals surface area (Å²) in [6.07, 6.45) is 4.16. The van der Waals surface area contributed by atoms with E-state index in [1.165, 1.54) is 0 Å². The number of aliphatic hydroxyl groups excluding tert-OH is 1. The Kier molecular flexibility index (Phi) is 3.11. The van der Waals surface area contributed by atoms with E-state index in [9.17, 15) is 5.11 Å². The zero-order valence-corrected chi connectivity index (χ0v) is 10.0. The van der Waals surface area contributed by atoms with Crippen LogP contribution in [0.15, 0.2) is 0 Å². The Bertz CT molecular complexity index is 385. The van der Waals surface area contributed by atoms with Crippen LogP contribution in [0.5, 0.6) is 0 Å². The number of ether oxygens (including phenoxy) is 1. The van der Waals surface area contributed by atoms with Crippen molar-refractivity contribution in [2.45, 2.75) is 38.1 Å². The Hall–Kier alpha value is -0.940. The van der Waals surface area contributed by atoms with Gasteiger partial charge in [0.15, 0.2) is 0 Å². The van der Waals surface area contributed by atoms with Crippen LogP contribution in [0.4, 0.5) is 0 Å². The van der Waals surface area contributed by atoms with Gasteiger partial charge in [-0.25, -0.2) is 0 Å². The van der Waals surface area contributed by atoms with Crippen LogP contribution in [0.1, 0.15) is 36.8 Å². The molecule has 0 aromatic carbocycles. The molecule has 1 aromatic rings. The van der Waals surface area contributed by atoms with Gasteiger partial charge in [0.25, 0.3) is 0 Å². The lowest BCUT2D eigenvalue weighted by atomic mass is 9.97. The van der Waals surface area contributed by atoms with E-state index in [4.69, 9.17) is 4.74 Å². The van der Waals surface area contributed by atoms with E-state index in [1.54, 1.807) is 0 Å². The second kappa shape index (κ2) is 4.74. The van der Waals surface area contributed by atoms with Crippen LogP contribution >= 0.6 is 0 Å². The van der Waals surface area contributed by atoms with Gasteiger partial charge in [0.2, 0.25) is 0 Å². The minimum atomic E-state index is 0.259. The van der Waals surface area contributed by atoms with Crippen molar-refractivity contribution in [2.24, 2.45) is 5.92 Å². The first-order valence-electron chi connectivity index (χ1n) is 6.49. The summed E-state index contributed by atoms with van der Waals surface area (Å²) in [6.45, 7) is 2.86. The summed E-state index contributed by atoms with van der Waals surface area (Å²) < 4.78 is 7.76. The highest BCUT2D eigenvalue weighted by atomic mass is 16.5. The van der Waals surface area contributed by atoms with Gasteiger partial charge in [-0.15, -0.1) is 10.2 Å². The lowest BCUT2D eigenvalue weighted by Crippen LogP contribution is -2.25. The molecule has 5 nitrogen and oxygen atoms in total. The summed E-state index contributed by atoms with van der Waals surface area (Å²) >= 11 is 0. The van der Waals surface area contributed by atoms with Gasteiger partial charge in [-0.1, -0.05) is 0 Å². The third-order valence-electron chi connectivity index (χ3n) is 3.87. The Labute approximate surface area is 101 Å². The fourth-order valence-corrected chi connectivity index (χ4v) is 2.82. The highest BCUT2D eigenvalue weighted by Crippen LogP contribution is 2.28. The van der Waals surface area contributed by atoms with E-state index in [2.05, 4.69) is 14.8 Å². The van der Waals surface area contributed by atoms with Crippen molar-refractivity contribution in [1.29, 1.82) is 0 Å². The van der Waals surface area contributed by atoms with Crippen molar-refractivity contribution in [2.75, 3.05) is 19.8 Å². The molecule has 2 aliphatic rings. The zero-order chi connectivity index (χ0) is 11.7. The van der Waals surface area contributed by atoms with Gasteiger partial charge < -0.3 is 14.4 Å². The van der Waals surface area contributed by atoms with Crippen molar-refractivity contribution in [1.82, 2.24) is 14.8 Å². The van der Waals surface area contributed by atoms with Crippen LogP contribution in [0.2, 0.25) is 0 Å². The molecule has 94 valence electrons. The Balaban J connectivity index is 1.80. The summed E-state index contributed by atoms with van der Waals surface area (Å²) in [4.78, 5) is 0. The first kappa shape index (κ1) is 11.2. The number of aliphatic hydroxyl groups is 1. The molecule has 2 aliphatic heterocycles. The van der Waals surface area contributed by atoms with Crippen LogP contribution in [0, 0.1) is 5.92 Å². The summed E-state index contributed by atoms with van der Waals surface area (Å²) in [6, 6.07) is 0. The van der Waals surface area contributed by atoms with Crippen molar-refractivity contribution in [3.8, 4) is 0 Å². The van der Waals surface area contributed by atoms with Crippen molar-refractivity contribution >= 4 is 0 Å². The molecule has 3 heterocycles. The number of aromatic nitrogens is 3. The third kappa shape index (κ3) is 2.09. The van der Waals surface area contributed by atoms with Gasteiger partial charge in [-0.2, -0.15) is 0 Å². The molecule has 3 rings (SSSR count). The quantitative estimate of drug-likeness (QED) is 0.823. The van der Waals surface area contributed by atoms with Crippen LogP contribution in [0.25, 0.3) is 0 Å². The van der Waals surface area contributed by atoms with Crippen LogP contribution in [-0.2, 0) is 17.7 Å². The number of hydrogen-bond acceptors (Lipinski definition) is 4. The average molecular weight is 237 g/mol. The third-order valence-corrected chi connectivity index (χ3v) is 3.87. The monoisotopic (exact) mass is 237 g/mol. The number of hydrogen-bond donors (Lipinski definition) is 1. The number of fused-ring (bicyclic) bond motifs is 1. The van der Waals surface area contributed by atoms with Gasteiger partial charge in [0, 0.05) is 32.1 Å². The second-order valence-electron chi connectivity index (χ2n) is 5.08. The molecule has 0 bridgehead atoms. The first-order valence-corrected chi connectivity index (χ1v) is 6.49. The molecule has 17 heavy (non-hydrogen) atoms. The first-order chi connectivity index (χ1) is 8.38. The van der Waals surface area contributed by atoms with E-state index >= 15 is 0 Å². The van der Waals surface area contributed by atoms with Crippen molar-refractivity contribution < 1.29 is 9.84 Å². The predicted octanol–water partition coefficient (Wildman–Crippen LogP) is 0.727. The Morgan fingerprint density at radius 1 is 1.35 bits per heavy atom. The van der Waals surface area contributed by atoms with Gasteiger partial charge in [-0.3, -0.25) is 0 Å². The maximum absolute atomic E-state index is 9.19. The van der Waals surface area contributed by atoms with Crippen LogP contribution in [-0.4, -0.2) is 39.7 Å². The zero-order valence-electron chi connectivity index (χ0n) is 10.0. The Morgan fingerprint density at radius 2 is 2.29 bits per heavy atom. The van der Waals surface area contributed by atoms with Gasteiger partial charge >= 0.3 is 0 Å². The summed E-state index contributed by atoms with van der Waals surface area (Å²) in [5.74, 6) is 2.91. The topological polar surface area (TPSA) is 60.2 Å². The maximum atomic E-state index is 9.19. The largest absolute Gasteiger partial charge is 0.396 e. The molecule has 0 aliphatic carbocycles. The lowest BCUT2D eigenvalue weighted by Gasteiger charge is -2.26. The molecule has 0 amide bonds.